The van der Waals surface area contributed by atoms with Crippen molar-refractivity contribution in [1.82, 2.24) is 4.31 Å². The van der Waals surface area contributed by atoms with Gasteiger partial charge in [-0.15, -0.1) is 0 Å². The maximum atomic E-state index is 12.8. The molecule has 0 aliphatic carbocycles. The van der Waals surface area contributed by atoms with Gasteiger partial charge in [-0.3, -0.25) is 4.79 Å². The Morgan fingerprint density at radius 2 is 1.73 bits per heavy atom. The number of anilines is 1. The number of benzene rings is 2. The first kappa shape index (κ1) is 22.1. The Balaban J connectivity index is 1.62. The number of hydrogen-bond donors (Lipinski definition) is 1. The topological polar surface area (TPSA) is 84.9 Å². The van der Waals surface area contributed by atoms with Crippen molar-refractivity contribution in [3.8, 4) is 11.5 Å². The largest absolute Gasteiger partial charge is 0.493 e. The fourth-order valence-corrected chi connectivity index (χ4v) is 5.07. The number of ether oxygens (including phenoxy) is 2. The molecule has 0 aromatic heterocycles. The summed E-state index contributed by atoms with van der Waals surface area (Å²) in [5.74, 6) is 1.07. The molecular formula is C22H28N2O5S. The summed E-state index contributed by atoms with van der Waals surface area (Å²) in [6.45, 7) is 1.09. The third-order valence-electron chi connectivity index (χ3n) is 5.16. The van der Waals surface area contributed by atoms with Crippen molar-refractivity contribution in [2.24, 2.45) is 0 Å². The van der Waals surface area contributed by atoms with E-state index in [9.17, 15) is 13.2 Å². The van der Waals surface area contributed by atoms with Crippen LogP contribution in [0.1, 0.15) is 31.2 Å². The van der Waals surface area contributed by atoms with Crippen LogP contribution in [0.2, 0.25) is 0 Å². The van der Waals surface area contributed by atoms with Gasteiger partial charge in [0.1, 0.15) is 0 Å². The number of sulfonamides is 1. The van der Waals surface area contributed by atoms with Crippen LogP contribution in [-0.4, -0.2) is 45.9 Å². The normalized spacial score (nSPS) is 14.9. The molecule has 30 heavy (non-hydrogen) atoms. The van der Waals surface area contributed by atoms with Crippen LogP contribution in [0.4, 0.5) is 5.69 Å². The number of aryl methyl sites for hydroxylation is 1. The van der Waals surface area contributed by atoms with Gasteiger partial charge in [0, 0.05) is 25.2 Å². The van der Waals surface area contributed by atoms with Gasteiger partial charge < -0.3 is 14.8 Å². The number of amides is 1. The highest BCUT2D eigenvalue weighted by atomic mass is 32.2. The zero-order valence-electron chi connectivity index (χ0n) is 17.4. The highest BCUT2D eigenvalue weighted by molar-refractivity contribution is 7.89. The minimum absolute atomic E-state index is 0.183. The summed E-state index contributed by atoms with van der Waals surface area (Å²) in [5.41, 5.74) is 1.43. The Labute approximate surface area is 178 Å². The molecule has 0 atom stereocenters. The molecule has 1 saturated heterocycles. The van der Waals surface area contributed by atoms with Crippen LogP contribution < -0.4 is 14.8 Å². The number of piperidine rings is 1. The van der Waals surface area contributed by atoms with Gasteiger partial charge in [0.15, 0.2) is 11.5 Å². The first-order chi connectivity index (χ1) is 14.4. The van der Waals surface area contributed by atoms with Crippen molar-refractivity contribution in [3.63, 3.8) is 0 Å². The second-order valence-electron chi connectivity index (χ2n) is 7.23. The van der Waals surface area contributed by atoms with Crippen molar-refractivity contribution in [3.05, 3.63) is 48.0 Å². The van der Waals surface area contributed by atoms with E-state index >= 15 is 0 Å². The highest BCUT2D eigenvalue weighted by Crippen LogP contribution is 2.28. The van der Waals surface area contributed by atoms with Gasteiger partial charge in [0.25, 0.3) is 0 Å². The number of nitrogens with one attached hydrogen (secondary N) is 1. The number of methoxy groups -OCH3 is 2. The summed E-state index contributed by atoms with van der Waals surface area (Å²) in [7, 11) is -0.391. The van der Waals surface area contributed by atoms with Crippen molar-refractivity contribution < 1.29 is 22.7 Å². The third kappa shape index (κ3) is 5.31. The maximum Gasteiger partial charge on any atom is 0.243 e. The van der Waals surface area contributed by atoms with Crippen LogP contribution >= 0.6 is 0 Å². The average molecular weight is 433 g/mol. The fourth-order valence-electron chi connectivity index (χ4n) is 3.51. The number of hydrogen-bond acceptors (Lipinski definition) is 5. The lowest BCUT2D eigenvalue weighted by atomic mass is 10.1. The van der Waals surface area contributed by atoms with Crippen LogP contribution in [0.3, 0.4) is 0 Å². The zero-order chi connectivity index (χ0) is 21.6. The molecule has 8 heteroatoms. The SMILES string of the molecule is COc1ccc(CCC(=O)Nc2cccc(S(=O)(=O)N3CCCCC3)c2)cc1OC. The molecule has 2 aromatic carbocycles. The lowest BCUT2D eigenvalue weighted by Crippen LogP contribution is -2.35. The number of carbonyl (C=O) groups excluding carboxylic acids is 1. The average Bonchev–Trinajstić information content (AvgIpc) is 2.78. The Kier molecular flexibility index (Phi) is 7.33. The molecule has 1 fully saturated rings. The minimum Gasteiger partial charge on any atom is -0.493 e. The molecule has 1 amide bonds. The second-order valence-corrected chi connectivity index (χ2v) is 9.17. The van der Waals surface area contributed by atoms with Crippen molar-refractivity contribution in [2.45, 2.75) is 37.0 Å². The minimum atomic E-state index is -3.53. The monoisotopic (exact) mass is 432 g/mol. The molecule has 0 saturated carbocycles. The molecule has 0 spiro atoms. The molecule has 2 aromatic rings. The summed E-state index contributed by atoms with van der Waals surface area (Å²) in [5, 5.41) is 2.80. The van der Waals surface area contributed by atoms with Crippen molar-refractivity contribution >= 4 is 21.6 Å². The molecule has 1 N–H and O–H groups in total. The summed E-state index contributed by atoms with van der Waals surface area (Å²) in [4.78, 5) is 12.6. The highest BCUT2D eigenvalue weighted by Gasteiger charge is 2.26. The van der Waals surface area contributed by atoms with Crippen LogP contribution in [0, 0.1) is 0 Å². The number of nitrogens with zero attached hydrogens (tertiary/aromatic N) is 1. The molecular weight excluding hydrogens is 404 g/mol. The van der Waals surface area contributed by atoms with E-state index in [0.29, 0.717) is 36.7 Å². The molecule has 0 bridgehead atoms. The lowest BCUT2D eigenvalue weighted by molar-refractivity contribution is -0.116. The zero-order valence-corrected chi connectivity index (χ0v) is 18.2. The van der Waals surface area contributed by atoms with Gasteiger partial charge in [-0.25, -0.2) is 8.42 Å². The molecule has 162 valence electrons. The van der Waals surface area contributed by atoms with Crippen LogP contribution in [0.5, 0.6) is 11.5 Å². The fraction of sp³-hybridized carbons (Fsp3) is 0.409. The molecule has 1 aliphatic heterocycles. The molecule has 3 rings (SSSR count). The van der Waals surface area contributed by atoms with E-state index in [1.807, 2.05) is 12.1 Å². The van der Waals surface area contributed by atoms with Gasteiger partial charge in [-0.1, -0.05) is 18.6 Å². The van der Waals surface area contributed by atoms with Crippen molar-refractivity contribution in [2.75, 3.05) is 32.6 Å². The summed E-state index contributed by atoms with van der Waals surface area (Å²) < 4.78 is 37.7. The smallest absolute Gasteiger partial charge is 0.243 e. The molecule has 7 nitrogen and oxygen atoms in total. The first-order valence-electron chi connectivity index (χ1n) is 10.0. The second kappa shape index (κ2) is 9.95. The van der Waals surface area contributed by atoms with E-state index in [1.165, 1.54) is 10.4 Å². The molecule has 1 heterocycles. The van der Waals surface area contributed by atoms with E-state index in [1.54, 1.807) is 38.5 Å². The van der Waals surface area contributed by atoms with E-state index < -0.39 is 10.0 Å². The van der Waals surface area contributed by atoms with Crippen LogP contribution in [0.15, 0.2) is 47.4 Å². The van der Waals surface area contributed by atoms with Crippen LogP contribution in [0.25, 0.3) is 0 Å². The van der Waals surface area contributed by atoms with E-state index in [2.05, 4.69) is 5.32 Å². The maximum absolute atomic E-state index is 12.8. The summed E-state index contributed by atoms with van der Waals surface area (Å²) in [6, 6.07) is 12.0. The molecule has 0 unspecified atom stereocenters. The van der Waals surface area contributed by atoms with E-state index in [0.717, 1.165) is 24.8 Å². The van der Waals surface area contributed by atoms with Gasteiger partial charge in [-0.2, -0.15) is 4.31 Å². The summed E-state index contributed by atoms with van der Waals surface area (Å²) in [6.07, 6.45) is 3.61. The molecule has 1 aliphatic rings. The van der Waals surface area contributed by atoms with Gasteiger partial charge >= 0.3 is 0 Å². The number of rotatable bonds is 8. The first-order valence-corrected chi connectivity index (χ1v) is 11.5. The van der Waals surface area contributed by atoms with Crippen molar-refractivity contribution in [1.29, 1.82) is 0 Å². The Bertz CT molecular complexity index is 985. The predicted molar refractivity (Wildman–Crippen MR) is 116 cm³/mol. The molecule has 0 radical (unpaired) electrons. The standard InChI is InChI=1S/C22H28N2O5S/c1-28-20-11-9-17(15-21(20)29-2)10-12-22(25)23-18-7-6-8-19(16-18)30(26,27)24-13-4-3-5-14-24/h6-9,11,15-16H,3-5,10,12-14H2,1-2H3,(H,23,25). The Hall–Kier alpha value is -2.58. The van der Waals surface area contributed by atoms with Crippen LogP contribution in [-0.2, 0) is 21.2 Å². The predicted octanol–water partition coefficient (Wildman–Crippen LogP) is 3.45. The van der Waals surface area contributed by atoms with Gasteiger partial charge in [0.05, 0.1) is 19.1 Å². The van der Waals surface area contributed by atoms with E-state index in [-0.39, 0.29) is 17.2 Å². The van der Waals surface area contributed by atoms with E-state index in [4.69, 9.17) is 9.47 Å². The quantitative estimate of drug-likeness (QED) is 0.691. The number of carbonyl (C=O) groups is 1. The Morgan fingerprint density at radius 3 is 2.43 bits per heavy atom. The summed E-state index contributed by atoms with van der Waals surface area (Å²) >= 11 is 0. The van der Waals surface area contributed by atoms with Gasteiger partial charge in [0.2, 0.25) is 15.9 Å². The van der Waals surface area contributed by atoms with Gasteiger partial charge in [-0.05, 0) is 55.2 Å². The Morgan fingerprint density at radius 1 is 1.00 bits per heavy atom. The lowest BCUT2D eigenvalue weighted by Gasteiger charge is -2.26. The third-order valence-corrected chi connectivity index (χ3v) is 7.05.